The van der Waals surface area contributed by atoms with E-state index in [4.69, 9.17) is 0 Å². The van der Waals surface area contributed by atoms with Crippen LogP contribution in [0.4, 0.5) is 8.78 Å². The molecule has 0 aliphatic heterocycles. The van der Waals surface area contributed by atoms with Crippen molar-refractivity contribution in [2.24, 2.45) is 0 Å². The Morgan fingerprint density at radius 2 is 1.86 bits per heavy atom. The fourth-order valence-electron chi connectivity index (χ4n) is 1.84. The van der Waals surface area contributed by atoms with E-state index in [2.05, 4.69) is 4.74 Å². The second-order valence-corrected chi connectivity index (χ2v) is 5.40. The molecule has 0 unspecified atom stereocenters. The lowest BCUT2D eigenvalue weighted by molar-refractivity contribution is -0.139. The summed E-state index contributed by atoms with van der Waals surface area (Å²) in [6.45, 7) is 0. The molecule has 2 rings (SSSR count). The molecule has 0 saturated carbocycles. The van der Waals surface area contributed by atoms with Gasteiger partial charge in [0.1, 0.15) is 11.6 Å². The molecule has 2 nitrogen and oxygen atoms in total. The van der Waals surface area contributed by atoms with Gasteiger partial charge in [-0.25, -0.2) is 8.78 Å². The molecular formula is C16H14F2O2S. The van der Waals surface area contributed by atoms with Crippen molar-refractivity contribution in [1.29, 1.82) is 0 Å². The number of thioether (sulfide) groups is 1. The molecule has 0 atom stereocenters. The van der Waals surface area contributed by atoms with Crippen molar-refractivity contribution >= 4 is 17.7 Å². The van der Waals surface area contributed by atoms with Gasteiger partial charge < -0.3 is 4.74 Å². The minimum absolute atomic E-state index is 0.166. The van der Waals surface area contributed by atoms with E-state index in [9.17, 15) is 13.6 Å². The van der Waals surface area contributed by atoms with E-state index in [0.717, 1.165) is 23.3 Å². The van der Waals surface area contributed by atoms with Crippen LogP contribution in [0.25, 0.3) is 0 Å². The molecule has 0 bridgehead atoms. The van der Waals surface area contributed by atoms with Crippen molar-refractivity contribution in [1.82, 2.24) is 0 Å². The van der Waals surface area contributed by atoms with Gasteiger partial charge in [-0.2, -0.15) is 0 Å². The molecular weight excluding hydrogens is 294 g/mol. The Labute approximate surface area is 126 Å². The zero-order valence-corrected chi connectivity index (χ0v) is 12.3. The topological polar surface area (TPSA) is 26.3 Å². The number of rotatable bonds is 5. The third-order valence-corrected chi connectivity index (χ3v) is 4.04. The Hall–Kier alpha value is -1.88. The number of esters is 1. The lowest BCUT2D eigenvalue weighted by atomic mass is 10.1. The molecule has 2 aromatic rings. The number of benzene rings is 2. The maximum atomic E-state index is 13.6. The zero-order chi connectivity index (χ0) is 15.2. The second-order valence-electron chi connectivity index (χ2n) is 4.39. The van der Waals surface area contributed by atoms with Crippen LogP contribution in [0, 0.1) is 11.6 Å². The largest absolute Gasteiger partial charge is 0.469 e. The highest BCUT2D eigenvalue weighted by Gasteiger charge is 2.10. The SMILES string of the molecule is COC(=O)Cc1ccccc1CSc1cc(F)ccc1F. The number of carbonyl (C=O) groups excluding carboxylic acids is 1. The van der Waals surface area contributed by atoms with Gasteiger partial charge in [0.2, 0.25) is 0 Å². The molecule has 5 heteroatoms. The average Bonchev–Trinajstić information content (AvgIpc) is 2.49. The maximum Gasteiger partial charge on any atom is 0.309 e. The van der Waals surface area contributed by atoms with E-state index in [1.165, 1.54) is 24.9 Å². The Balaban J connectivity index is 2.13. The lowest BCUT2D eigenvalue weighted by Gasteiger charge is -2.09. The van der Waals surface area contributed by atoms with E-state index in [1.54, 1.807) is 0 Å². The third kappa shape index (κ3) is 4.29. The Morgan fingerprint density at radius 3 is 2.57 bits per heavy atom. The first kappa shape index (κ1) is 15.5. The standard InChI is InChI=1S/C16H14F2O2S/c1-20-16(19)8-11-4-2-3-5-12(11)10-21-15-9-13(17)6-7-14(15)18/h2-7,9H,8,10H2,1H3. The first-order valence-corrected chi connectivity index (χ1v) is 7.30. The summed E-state index contributed by atoms with van der Waals surface area (Å²) in [7, 11) is 1.34. The van der Waals surface area contributed by atoms with E-state index in [0.29, 0.717) is 5.75 Å². The fraction of sp³-hybridized carbons (Fsp3) is 0.188. The molecule has 2 aromatic carbocycles. The van der Waals surface area contributed by atoms with Gasteiger partial charge in [0.15, 0.2) is 0 Å². The van der Waals surface area contributed by atoms with Crippen LogP contribution in [0.3, 0.4) is 0 Å². The predicted octanol–water partition coefficient (Wildman–Crippen LogP) is 3.97. The van der Waals surface area contributed by atoms with Gasteiger partial charge in [-0.1, -0.05) is 24.3 Å². The first-order chi connectivity index (χ1) is 10.1. The van der Waals surface area contributed by atoms with Crippen molar-refractivity contribution in [3.8, 4) is 0 Å². The number of methoxy groups -OCH3 is 1. The smallest absolute Gasteiger partial charge is 0.309 e. The van der Waals surface area contributed by atoms with Crippen LogP contribution in [0.5, 0.6) is 0 Å². The Kier molecular flexibility index (Phi) is 5.33. The van der Waals surface area contributed by atoms with Crippen LogP contribution >= 0.6 is 11.8 Å². The van der Waals surface area contributed by atoms with Crippen molar-refractivity contribution in [2.45, 2.75) is 17.1 Å². The average molecular weight is 308 g/mol. The molecule has 21 heavy (non-hydrogen) atoms. The van der Waals surface area contributed by atoms with Gasteiger partial charge >= 0.3 is 5.97 Å². The van der Waals surface area contributed by atoms with E-state index in [1.807, 2.05) is 24.3 Å². The summed E-state index contributed by atoms with van der Waals surface area (Å²) >= 11 is 1.20. The molecule has 0 N–H and O–H groups in total. The van der Waals surface area contributed by atoms with Gasteiger partial charge in [-0.3, -0.25) is 4.79 Å². The first-order valence-electron chi connectivity index (χ1n) is 6.31. The minimum Gasteiger partial charge on any atom is -0.469 e. The fourth-order valence-corrected chi connectivity index (χ4v) is 2.84. The summed E-state index contributed by atoms with van der Waals surface area (Å²) in [5.41, 5.74) is 1.73. The summed E-state index contributed by atoms with van der Waals surface area (Å²) in [6.07, 6.45) is 0.166. The van der Waals surface area contributed by atoms with Gasteiger partial charge in [-0.05, 0) is 29.3 Å². The monoisotopic (exact) mass is 308 g/mol. The third-order valence-electron chi connectivity index (χ3n) is 2.96. The lowest BCUT2D eigenvalue weighted by Crippen LogP contribution is -2.06. The quantitative estimate of drug-likeness (QED) is 0.617. The molecule has 0 aliphatic rings. The van der Waals surface area contributed by atoms with Gasteiger partial charge in [0, 0.05) is 10.6 Å². The van der Waals surface area contributed by atoms with E-state index < -0.39 is 11.6 Å². The normalized spacial score (nSPS) is 10.4. The number of hydrogen-bond acceptors (Lipinski definition) is 3. The second kappa shape index (κ2) is 7.22. The highest BCUT2D eigenvalue weighted by molar-refractivity contribution is 7.98. The van der Waals surface area contributed by atoms with Crippen LogP contribution < -0.4 is 0 Å². The molecule has 0 aliphatic carbocycles. The van der Waals surface area contributed by atoms with Gasteiger partial charge in [0.25, 0.3) is 0 Å². The molecule has 0 fully saturated rings. The van der Waals surface area contributed by atoms with Crippen LogP contribution in [0.15, 0.2) is 47.4 Å². The number of ether oxygens (including phenoxy) is 1. The van der Waals surface area contributed by atoms with Crippen molar-refractivity contribution in [3.63, 3.8) is 0 Å². The molecule has 110 valence electrons. The summed E-state index contributed by atoms with van der Waals surface area (Å²) < 4.78 is 31.4. The number of hydrogen-bond donors (Lipinski definition) is 0. The highest BCUT2D eigenvalue weighted by Crippen LogP contribution is 2.27. The van der Waals surface area contributed by atoms with Gasteiger partial charge in [0.05, 0.1) is 13.5 Å². The molecule has 0 aromatic heterocycles. The summed E-state index contributed by atoms with van der Waals surface area (Å²) in [4.78, 5) is 11.6. The number of halogens is 2. The van der Waals surface area contributed by atoms with E-state index in [-0.39, 0.29) is 17.3 Å². The molecule has 0 spiro atoms. The molecule has 0 amide bonds. The van der Waals surface area contributed by atoms with Crippen LogP contribution in [0.1, 0.15) is 11.1 Å². The van der Waals surface area contributed by atoms with Crippen molar-refractivity contribution in [2.75, 3.05) is 7.11 Å². The Bertz CT molecular complexity index is 644. The van der Waals surface area contributed by atoms with E-state index >= 15 is 0 Å². The summed E-state index contributed by atoms with van der Waals surface area (Å²) in [5, 5.41) is 0. The van der Waals surface area contributed by atoms with Crippen LogP contribution in [-0.4, -0.2) is 13.1 Å². The maximum absolute atomic E-state index is 13.6. The highest BCUT2D eigenvalue weighted by atomic mass is 32.2. The zero-order valence-electron chi connectivity index (χ0n) is 11.4. The minimum atomic E-state index is -0.471. The molecule has 0 radical (unpaired) electrons. The molecule has 0 saturated heterocycles. The van der Waals surface area contributed by atoms with Crippen molar-refractivity contribution in [3.05, 3.63) is 65.2 Å². The predicted molar refractivity (Wildman–Crippen MR) is 78.1 cm³/mol. The van der Waals surface area contributed by atoms with Crippen LogP contribution in [0.2, 0.25) is 0 Å². The number of carbonyl (C=O) groups is 1. The van der Waals surface area contributed by atoms with Gasteiger partial charge in [-0.15, -0.1) is 11.8 Å². The Morgan fingerprint density at radius 1 is 1.14 bits per heavy atom. The summed E-state index contributed by atoms with van der Waals surface area (Å²) in [5.74, 6) is -0.800. The van der Waals surface area contributed by atoms with Crippen LogP contribution in [-0.2, 0) is 21.7 Å². The molecule has 0 heterocycles. The summed E-state index contributed by atoms with van der Waals surface area (Å²) in [6, 6.07) is 10.7. The van der Waals surface area contributed by atoms with Crippen molar-refractivity contribution < 1.29 is 18.3 Å².